The summed E-state index contributed by atoms with van der Waals surface area (Å²) >= 11 is 0. The first-order valence-electron chi connectivity index (χ1n) is 6.13. The van der Waals surface area contributed by atoms with Gasteiger partial charge in [-0.05, 0) is 12.1 Å². The fourth-order valence-electron chi connectivity index (χ4n) is 2.83. The molecule has 5 heteroatoms. The molecule has 0 amide bonds. The molecule has 0 atom stereocenters. The highest BCUT2D eigenvalue weighted by Crippen LogP contribution is 2.31. The highest BCUT2D eigenvalue weighted by molar-refractivity contribution is 5.86. The van der Waals surface area contributed by atoms with Crippen molar-refractivity contribution in [2.24, 2.45) is 0 Å². The predicted molar refractivity (Wildman–Crippen MR) is 67.5 cm³/mol. The van der Waals surface area contributed by atoms with Crippen molar-refractivity contribution in [3.63, 3.8) is 0 Å². The molecule has 0 bridgehead atoms. The molecule has 0 saturated carbocycles. The molecule has 4 aromatic heterocycles. The minimum absolute atomic E-state index is 0.816. The van der Waals surface area contributed by atoms with Crippen LogP contribution < -0.4 is 4.57 Å². The van der Waals surface area contributed by atoms with E-state index in [1.165, 1.54) is 5.56 Å². The first-order valence-corrected chi connectivity index (χ1v) is 6.13. The molecule has 0 fully saturated rings. The molecular weight excluding hydrogens is 240 g/mol. The Bertz CT molecular complexity index is 951. The fraction of sp³-hybridized carbons (Fsp3) is 0.0714. The molecule has 1 aliphatic heterocycles. The summed E-state index contributed by atoms with van der Waals surface area (Å²) in [5.74, 6) is 0.876. The van der Waals surface area contributed by atoms with Gasteiger partial charge < -0.3 is 4.42 Å². The lowest BCUT2D eigenvalue weighted by Gasteiger charge is -1.89. The highest BCUT2D eigenvalue weighted by atomic mass is 16.4. The summed E-state index contributed by atoms with van der Waals surface area (Å²) < 4.78 is 10.1. The van der Waals surface area contributed by atoms with Gasteiger partial charge in [-0.1, -0.05) is 0 Å². The van der Waals surface area contributed by atoms with Crippen LogP contribution in [-0.2, 0) is 6.54 Å². The van der Waals surface area contributed by atoms with Crippen molar-refractivity contribution in [1.29, 1.82) is 0 Å². The van der Waals surface area contributed by atoms with Crippen molar-refractivity contribution < 1.29 is 8.98 Å². The smallest absolute Gasteiger partial charge is 0.384 e. The van der Waals surface area contributed by atoms with E-state index in [2.05, 4.69) is 14.5 Å². The number of pyridine rings is 1. The molecule has 0 aromatic carbocycles. The minimum Gasteiger partial charge on any atom is -0.396 e. The zero-order chi connectivity index (χ0) is 12.4. The molecule has 4 aromatic rings. The van der Waals surface area contributed by atoms with Crippen LogP contribution in [0.2, 0.25) is 0 Å². The summed E-state index contributed by atoms with van der Waals surface area (Å²) in [6.45, 7) is 0.816. The van der Waals surface area contributed by atoms with Gasteiger partial charge in [-0.15, -0.1) is 4.57 Å². The van der Waals surface area contributed by atoms with Crippen molar-refractivity contribution in [3.8, 4) is 11.5 Å². The second-order valence-corrected chi connectivity index (χ2v) is 4.72. The van der Waals surface area contributed by atoms with Gasteiger partial charge in [0, 0.05) is 30.4 Å². The fourth-order valence-corrected chi connectivity index (χ4v) is 2.83. The van der Waals surface area contributed by atoms with Gasteiger partial charge in [0.2, 0.25) is 11.2 Å². The number of fused-ring (bicyclic) bond motifs is 7. The van der Waals surface area contributed by atoms with Gasteiger partial charge in [0.05, 0.1) is 6.20 Å². The van der Waals surface area contributed by atoms with Gasteiger partial charge in [0.25, 0.3) is 5.52 Å². The first kappa shape index (κ1) is 9.27. The Morgan fingerprint density at radius 3 is 3.32 bits per heavy atom. The number of hydrogen-bond donors (Lipinski definition) is 0. The summed E-state index contributed by atoms with van der Waals surface area (Å²) in [5.41, 5.74) is 5.15. The molecule has 0 unspecified atom stereocenters. The van der Waals surface area contributed by atoms with Crippen LogP contribution in [0, 0.1) is 0 Å². The molecule has 5 heterocycles. The van der Waals surface area contributed by atoms with Gasteiger partial charge in [-0.25, -0.2) is 4.98 Å². The molecule has 1 aliphatic rings. The molecule has 5 nitrogen and oxygen atoms in total. The number of nitrogens with zero attached hydrogens (tertiary/aromatic N) is 4. The molecule has 0 aliphatic carbocycles. The third kappa shape index (κ3) is 1.03. The molecule has 5 rings (SSSR count). The summed E-state index contributed by atoms with van der Waals surface area (Å²) in [6.07, 6.45) is 9.43. The van der Waals surface area contributed by atoms with Gasteiger partial charge in [0.1, 0.15) is 5.56 Å². The van der Waals surface area contributed by atoms with Crippen LogP contribution in [0.3, 0.4) is 0 Å². The minimum atomic E-state index is 0.816. The van der Waals surface area contributed by atoms with E-state index in [0.29, 0.717) is 0 Å². The van der Waals surface area contributed by atoms with E-state index in [1.807, 2.05) is 41.3 Å². The topological polar surface area (TPSA) is 47.2 Å². The van der Waals surface area contributed by atoms with Crippen LogP contribution in [0.4, 0.5) is 0 Å². The Labute approximate surface area is 107 Å². The van der Waals surface area contributed by atoms with Crippen LogP contribution in [0.25, 0.3) is 28.2 Å². The van der Waals surface area contributed by atoms with Gasteiger partial charge in [-0.3, -0.25) is 9.38 Å². The second kappa shape index (κ2) is 3.00. The Morgan fingerprint density at radius 2 is 2.32 bits per heavy atom. The van der Waals surface area contributed by atoms with E-state index in [9.17, 15) is 0 Å². The Morgan fingerprint density at radius 1 is 1.32 bits per heavy atom. The lowest BCUT2D eigenvalue weighted by molar-refractivity contribution is -0.648. The number of oxazole rings is 1. The van der Waals surface area contributed by atoms with Crippen LogP contribution in [0.1, 0.15) is 5.56 Å². The average Bonchev–Trinajstić information content (AvgIpc) is 3.05. The Kier molecular flexibility index (Phi) is 1.46. The third-order valence-corrected chi connectivity index (χ3v) is 3.67. The van der Waals surface area contributed by atoms with Crippen molar-refractivity contribution in [3.05, 3.63) is 48.7 Å². The van der Waals surface area contributed by atoms with E-state index in [0.717, 1.165) is 34.7 Å². The van der Waals surface area contributed by atoms with E-state index in [4.69, 9.17) is 4.42 Å². The van der Waals surface area contributed by atoms with Gasteiger partial charge in [-0.2, -0.15) is 0 Å². The SMILES string of the molecule is c1cnc2c3c(cn2c1)oc1[n+]3Cc2ccncc2-1. The third-order valence-electron chi connectivity index (χ3n) is 3.67. The van der Waals surface area contributed by atoms with Crippen molar-refractivity contribution >= 4 is 16.7 Å². The monoisotopic (exact) mass is 249 g/mol. The van der Waals surface area contributed by atoms with E-state index >= 15 is 0 Å². The van der Waals surface area contributed by atoms with E-state index in [1.54, 1.807) is 6.20 Å². The largest absolute Gasteiger partial charge is 0.396 e. The van der Waals surface area contributed by atoms with Crippen molar-refractivity contribution in [1.82, 2.24) is 14.4 Å². The molecule has 0 saturated heterocycles. The normalized spacial score (nSPS) is 13.1. The van der Waals surface area contributed by atoms with E-state index in [-0.39, 0.29) is 0 Å². The quantitative estimate of drug-likeness (QED) is 0.393. The summed E-state index contributed by atoms with van der Waals surface area (Å²) in [7, 11) is 0. The molecule has 0 radical (unpaired) electrons. The van der Waals surface area contributed by atoms with Gasteiger partial charge >= 0.3 is 5.89 Å². The van der Waals surface area contributed by atoms with Crippen LogP contribution in [0.5, 0.6) is 0 Å². The summed E-state index contributed by atoms with van der Waals surface area (Å²) in [5, 5.41) is 0. The lowest BCUT2D eigenvalue weighted by Crippen LogP contribution is -2.30. The van der Waals surface area contributed by atoms with Crippen LogP contribution in [-0.4, -0.2) is 14.4 Å². The number of rotatable bonds is 0. The number of aromatic nitrogens is 4. The average molecular weight is 249 g/mol. The number of hydrogen-bond acceptors (Lipinski definition) is 3. The standard InChI is InChI=1S/C14H9N4O/c1-3-16-13-12-11(8-17(13)5-1)19-14-10-6-15-4-2-9(10)7-18(12)14/h1-6,8H,7H2/q+1. The van der Waals surface area contributed by atoms with Crippen LogP contribution in [0.15, 0.2) is 47.5 Å². The van der Waals surface area contributed by atoms with E-state index < -0.39 is 0 Å². The maximum Gasteiger partial charge on any atom is 0.384 e. The van der Waals surface area contributed by atoms with Crippen molar-refractivity contribution in [2.75, 3.05) is 0 Å². The zero-order valence-electron chi connectivity index (χ0n) is 9.95. The zero-order valence-corrected chi connectivity index (χ0v) is 9.95. The summed E-state index contributed by atoms with van der Waals surface area (Å²) in [4.78, 5) is 8.63. The molecular formula is C14H9N4O+. The molecule has 90 valence electrons. The first-order chi connectivity index (χ1) is 9.42. The second-order valence-electron chi connectivity index (χ2n) is 4.72. The Hall–Kier alpha value is -2.69. The predicted octanol–water partition coefficient (Wildman–Crippen LogP) is 1.79. The maximum atomic E-state index is 5.98. The van der Waals surface area contributed by atoms with Gasteiger partial charge in [0.15, 0.2) is 6.54 Å². The molecule has 19 heavy (non-hydrogen) atoms. The highest BCUT2D eigenvalue weighted by Gasteiger charge is 2.36. The van der Waals surface area contributed by atoms with Crippen LogP contribution >= 0.6 is 0 Å². The van der Waals surface area contributed by atoms with Crippen molar-refractivity contribution in [2.45, 2.75) is 6.54 Å². The Balaban J connectivity index is 1.94. The maximum absolute atomic E-state index is 5.98. The summed E-state index contributed by atoms with van der Waals surface area (Å²) in [6, 6.07) is 3.95. The molecule has 0 N–H and O–H groups in total. The lowest BCUT2D eigenvalue weighted by atomic mass is 10.2. The molecule has 0 spiro atoms.